The van der Waals surface area contributed by atoms with Crippen LogP contribution in [0.25, 0.3) is 21.9 Å². The molecule has 0 amide bonds. The number of benzene rings is 3. The lowest BCUT2D eigenvalue weighted by Gasteiger charge is -2.10. The van der Waals surface area contributed by atoms with Gasteiger partial charge in [-0.2, -0.15) is 0 Å². The van der Waals surface area contributed by atoms with E-state index in [0.717, 1.165) is 11.3 Å². The van der Waals surface area contributed by atoms with Gasteiger partial charge in [-0.25, -0.2) is 4.68 Å². The molecule has 10 heteroatoms. The molecule has 5 aromatic rings. The first kappa shape index (κ1) is 23.0. The molecule has 0 saturated carbocycles. The van der Waals surface area contributed by atoms with E-state index in [1.807, 2.05) is 12.3 Å². The lowest BCUT2D eigenvalue weighted by Crippen LogP contribution is -2.06. The van der Waals surface area contributed by atoms with Gasteiger partial charge in [0.25, 0.3) is 0 Å². The molecule has 0 atom stereocenters. The summed E-state index contributed by atoms with van der Waals surface area (Å²) in [5, 5.41) is 13.6. The number of aromatic nitrogens is 3. The van der Waals surface area contributed by atoms with Crippen molar-refractivity contribution < 1.29 is 13.9 Å². The fourth-order valence-electron chi connectivity index (χ4n) is 3.84. The van der Waals surface area contributed by atoms with Gasteiger partial charge in [-0.1, -0.05) is 34.5 Å². The van der Waals surface area contributed by atoms with E-state index < -0.39 is 0 Å². The number of fused-ring (bicyclic) bond motifs is 2. The lowest BCUT2D eigenvalue weighted by atomic mass is 10.1. The van der Waals surface area contributed by atoms with E-state index in [1.54, 1.807) is 54.3 Å². The molecule has 35 heavy (non-hydrogen) atoms. The van der Waals surface area contributed by atoms with Gasteiger partial charge in [0, 0.05) is 33.4 Å². The predicted octanol–water partition coefficient (Wildman–Crippen LogP) is 5.52. The Morgan fingerprint density at radius 2 is 1.83 bits per heavy atom. The molecule has 0 aliphatic carbocycles. The Morgan fingerprint density at radius 3 is 2.57 bits per heavy atom. The largest absolute Gasteiger partial charge is 0.496 e. The summed E-state index contributed by atoms with van der Waals surface area (Å²) in [4.78, 5) is 13.3. The van der Waals surface area contributed by atoms with Crippen molar-refractivity contribution in [3.05, 3.63) is 86.3 Å². The average Bonchev–Trinajstić information content (AvgIpc) is 3.32. The molecule has 3 aromatic carbocycles. The predicted molar refractivity (Wildman–Crippen MR) is 136 cm³/mol. The van der Waals surface area contributed by atoms with E-state index in [1.165, 1.54) is 7.11 Å². The molecule has 0 fully saturated rings. The van der Waals surface area contributed by atoms with Crippen LogP contribution >= 0.6 is 23.2 Å². The SMILES string of the molecule is COc1cc(OC)c2c(=O)c3cc(NCc4cn(Cc5c(Cl)cccc5Cl)nn4)ccc3oc2c1. The van der Waals surface area contributed by atoms with Gasteiger partial charge < -0.3 is 19.2 Å². The molecule has 2 heterocycles. The summed E-state index contributed by atoms with van der Waals surface area (Å²) in [6.45, 7) is 0.809. The number of methoxy groups -OCH3 is 2. The Morgan fingerprint density at radius 1 is 1.03 bits per heavy atom. The number of nitrogens with zero attached hydrogens (tertiary/aromatic N) is 3. The third-order valence-corrected chi connectivity index (χ3v) is 6.32. The normalized spacial score (nSPS) is 11.2. The van der Waals surface area contributed by atoms with Gasteiger partial charge >= 0.3 is 0 Å². The first-order chi connectivity index (χ1) is 17.0. The van der Waals surface area contributed by atoms with Crippen molar-refractivity contribution in [2.24, 2.45) is 0 Å². The Bertz CT molecular complexity index is 1590. The van der Waals surface area contributed by atoms with Crippen LogP contribution in [0.4, 0.5) is 5.69 Å². The summed E-state index contributed by atoms with van der Waals surface area (Å²) in [5.41, 5.74) is 2.90. The van der Waals surface area contributed by atoms with Crippen LogP contribution in [-0.4, -0.2) is 29.2 Å². The van der Waals surface area contributed by atoms with Gasteiger partial charge in [-0.15, -0.1) is 5.10 Å². The fourth-order valence-corrected chi connectivity index (χ4v) is 4.36. The van der Waals surface area contributed by atoms with E-state index in [9.17, 15) is 4.79 Å². The summed E-state index contributed by atoms with van der Waals surface area (Å²) < 4.78 is 18.3. The number of nitrogens with one attached hydrogen (secondary N) is 1. The van der Waals surface area contributed by atoms with Crippen molar-refractivity contribution >= 4 is 50.8 Å². The highest BCUT2D eigenvalue weighted by molar-refractivity contribution is 6.35. The van der Waals surface area contributed by atoms with Gasteiger partial charge in [0.05, 0.1) is 38.9 Å². The van der Waals surface area contributed by atoms with E-state index in [-0.39, 0.29) is 5.43 Å². The van der Waals surface area contributed by atoms with Crippen molar-refractivity contribution in [3.63, 3.8) is 0 Å². The number of halogens is 2. The number of ether oxygens (including phenoxy) is 2. The Kier molecular flexibility index (Phi) is 6.23. The Balaban J connectivity index is 1.39. The molecule has 0 aliphatic rings. The second-order valence-corrected chi connectivity index (χ2v) is 8.62. The molecule has 1 N–H and O–H groups in total. The second-order valence-electron chi connectivity index (χ2n) is 7.81. The van der Waals surface area contributed by atoms with Crippen molar-refractivity contribution in [2.45, 2.75) is 13.1 Å². The van der Waals surface area contributed by atoms with Gasteiger partial charge in [0.15, 0.2) is 0 Å². The molecule has 0 saturated heterocycles. The minimum Gasteiger partial charge on any atom is -0.496 e. The summed E-state index contributed by atoms with van der Waals surface area (Å²) >= 11 is 12.5. The van der Waals surface area contributed by atoms with Crippen LogP contribution in [0.5, 0.6) is 11.5 Å². The molecule has 0 bridgehead atoms. The monoisotopic (exact) mass is 510 g/mol. The van der Waals surface area contributed by atoms with Crippen LogP contribution < -0.4 is 20.2 Å². The minimum absolute atomic E-state index is 0.188. The Hall–Kier alpha value is -3.75. The Labute approximate surface area is 210 Å². The number of anilines is 1. The summed E-state index contributed by atoms with van der Waals surface area (Å²) in [7, 11) is 3.05. The smallest absolute Gasteiger partial charge is 0.204 e. The first-order valence-electron chi connectivity index (χ1n) is 10.6. The van der Waals surface area contributed by atoms with Gasteiger partial charge in [0.2, 0.25) is 5.43 Å². The summed E-state index contributed by atoms with van der Waals surface area (Å²) in [6.07, 6.45) is 1.81. The fraction of sp³-hybridized carbons (Fsp3) is 0.160. The topological polar surface area (TPSA) is 91.4 Å². The van der Waals surface area contributed by atoms with Crippen LogP contribution in [0.3, 0.4) is 0 Å². The molecule has 178 valence electrons. The maximum atomic E-state index is 13.3. The standard InChI is InChI=1S/C25H20Cl2N4O4/c1-33-16-9-22(34-2)24-23(10-16)35-21-7-6-14(8-17(21)25(24)32)28-11-15-12-31(30-29-15)13-18-19(26)4-3-5-20(18)27/h3-10,12,28H,11,13H2,1-2H3. The zero-order valence-electron chi connectivity index (χ0n) is 18.8. The number of rotatable bonds is 7. The van der Waals surface area contributed by atoms with E-state index >= 15 is 0 Å². The molecule has 5 rings (SSSR count). The van der Waals surface area contributed by atoms with Crippen LogP contribution in [-0.2, 0) is 13.1 Å². The van der Waals surface area contributed by atoms with Gasteiger partial charge in [-0.05, 0) is 30.3 Å². The van der Waals surface area contributed by atoms with Crippen LogP contribution in [0.1, 0.15) is 11.3 Å². The van der Waals surface area contributed by atoms with Crippen LogP contribution in [0.15, 0.2) is 63.9 Å². The highest BCUT2D eigenvalue weighted by Gasteiger charge is 2.15. The molecule has 8 nitrogen and oxygen atoms in total. The zero-order chi connectivity index (χ0) is 24.5. The quantitative estimate of drug-likeness (QED) is 0.288. The van der Waals surface area contributed by atoms with Crippen molar-refractivity contribution in [3.8, 4) is 11.5 Å². The number of hydrogen-bond donors (Lipinski definition) is 1. The summed E-state index contributed by atoms with van der Waals surface area (Å²) in [5.74, 6) is 0.934. The van der Waals surface area contributed by atoms with Crippen LogP contribution in [0.2, 0.25) is 10.0 Å². The van der Waals surface area contributed by atoms with Gasteiger partial charge in [0.1, 0.15) is 33.7 Å². The molecule has 0 radical (unpaired) electrons. The zero-order valence-corrected chi connectivity index (χ0v) is 20.4. The lowest BCUT2D eigenvalue weighted by molar-refractivity contribution is 0.396. The molecular formula is C25H20Cl2N4O4. The van der Waals surface area contributed by atoms with Crippen molar-refractivity contribution in [2.75, 3.05) is 19.5 Å². The molecule has 0 aliphatic heterocycles. The van der Waals surface area contributed by atoms with Crippen LogP contribution in [0, 0.1) is 0 Å². The van der Waals surface area contributed by atoms with E-state index in [2.05, 4.69) is 15.6 Å². The highest BCUT2D eigenvalue weighted by atomic mass is 35.5. The van der Waals surface area contributed by atoms with E-state index in [4.69, 9.17) is 37.1 Å². The molecule has 0 unspecified atom stereocenters. The first-order valence-corrected chi connectivity index (χ1v) is 11.4. The summed E-state index contributed by atoms with van der Waals surface area (Å²) in [6, 6.07) is 14.0. The maximum absolute atomic E-state index is 13.3. The molecule has 0 spiro atoms. The van der Waals surface area contributed by atoms with Crippen molar-refractivity contribution in [1.29, 1.82) is 0 Å². The molecular weight excluding hydrogens is 491 g/mol. The number of hydrogen-bond acceptors (Lipinski definition) is 7. The minimum atomic E-state index is -0.188. The van der Waals surface area contributed by atoms with Gasteiger partial charge in [-0.3, -0.25) is 4.79 Å². The average molecular weight is 511 g/mol. The third-order valence-electron chi connectivity index (χ3n) is 5.61. The third kappa shape index (κ3) is 4.50. The highest BCUT2D eigenvalue weighted by Crippen LogP contribution is 2.32. The maximum Gasteiger partial charge on any atom is 0.204 e. The van der Waals surface area contributed by atoms with E-state index in [0.29, 0.717) is 62.3 Å². The van der Waals surface area contributed by atoms with Crippen molar-refractivity contribution in [1.82, 2.24) is 15.0 Å². The second kappa shape index (κ2) is 9.48. The molecule has 2 aromatic heterocycles.